The molecule has 2 aromatic carbocycles. The first kappa shape index (κ1) is 42.0. The Morgan fingerprint density at radius 3 is 2.39 bits per heavy atom. The number of hydrogen-bond donors (Lipinski definition) is 4. The topological polar surface area (TPSA) is 200 Å². The van der Waals surface area contributed by atoms with Crippen LogP contribution in [0.3, 0.4) is 0 Å². The number of fused-ring (bicyclic) bond motifs is 3. The molecule has 6 heterocycles. The van der Waals surface area contributed by atoms with E-state index < -0.39 is 35.8 Å². The number of rotatable bonds is 13. The lowest BCUT2D eigenvalue weighted by atomic mass is 10.0. The van der Waals surface area contributed by atoms with E-state index in [1.54, 1.807) is 29.0 Å². The maximum absolute atomic E-state index is 13.4. The van der Waals surface area contributed by atoms with E-state index in [4.69, 9.17) is 9.97 Å². The molecule has 3 aliphatic heterocycles. The molecule has 4 amide bonds. The lowest BCUT2D eigenvalue weighted by molar-refractivity contribution is -0.136. The van der Waals surface area contributed by atoms with Gasteiger partial charge in [0.1, 0.15) is 11.4 Å². The average Bonchev–Trinajstić information content (AvgIpc) is 3.88. The van der Waals surface area contributed by atoms with Crippen LogP contribution in [0.2, 0.25) is 0 Å². The van der Waals surface area contributed by atoms with Crippen molar-refractivity contribution >= 4 is 57.7 Å². The van der Waals surface area contributed by atoms with Crippen molar-refractivity contribution in [2.45, 2.75) is 71.1 Å². The van der Waals surface area contributed by atoms with E-state index in [2.05, 4.69) is 49.4 Å². The third-order valence-electron chi connectivity index (χ3n) is 11.7. The standard InChI is InChI=1S/C43H45N11O6.C2H6/c1-2-18-52-40(58)32-25-45-43(49-38(32)54(52)35-15-6-26-5-14-34(55)37(26)47-35)46-27-7-10-29(11-8-27)51-22-20-50(21-23-51)19-4-3-17-44-28-9-12-30-31(24-28)42(60)53(41(30)59)33-13-16-36(56)48-39(33)57;1-2/h2,6-12,15,24-25,33-34,44,55H,1,3-5,13-14,16-23H2,(H,45,46,49)(H,48,56,57);1-2H3. The fraction of sp³-hybridized carbons (Fsp3) is 0.378. The van der Waals surface area contributed by atoms with Crippen molar-refractivity contribution in [1.29, 1.82) is 0 Å². The Morgan fingerprint density at radius 2 is 1.63 bits per heavy atom. The second-order valence-corrected chi connectivity index (χ2v) is 15.5. The number of anilines is 4. The largest absolute Gasteiger partial charge is 0.387 e. The number of amides is 4. The number of allylic oxidation sites excluding steroid dienone is 1. The zero-order valence-corrected chi connectivity index (χ0v) is 35.0. The van der Waals surface area contributed by atoms with Gasteiger partial charge in [-0.3, -0.25) is 39.1 Å². The van der Waals surface area contributed by atoms with Crippen molar-refractivity contribution in [3.8, 4) is 5.82 Å². The Morgan fingerprint density at radius 1 is 0.871 bits per heavy atom. The van der Waals surface area contributed by atoms with Crippen LogP contribution in [0.1, 0.15) is 84.0 Å². The van der Waals surface area contributed by atoms with Crippen LogP contribution >= 0.6 is 0 Å². The summed E-state index contributed by atoms with van der Waals surface area (Å²) in [6, 6.07) is 16.0. The summed E-state index contributed by atoms with van der Waals surface area (Å²) in [5.74, 6) is -1.22. The Kier molecular flexibility index (Phi) is 12.3. The van der Waals surface area contributed by atoms with Crippen molar-refractivity contribution in [2.75, 3.05) is 54.8 Å². The van der Waals surface area contributed by atoms with Crippen molar-refractivity contribution in [3.63, 3.8) is 0 Å². The molecule has 17 nitrogen and oxygen atoms in total. The van der Waals surface area contributed by atoms with Crippen molar-refractivity contribution < 1.29 is 24.3 Å². The molecule has 1 aliphatic carbocycles. The van der Waals surface area contributed by atoms with Crippen LogP contribution in [0.15, 0.2) is 78.2 Å². The van der Waals surface area contributed by atoms with Gasteiger partial charge in [0.05, 0.1) is 29.5 Å². The number of piperidine rings is 1. The van der Waals surface area contributed by atoms with Gasteiger partial charge < -0.3 is 20.6 Å². The predicted molar refractivity (Wildman–Crippen MR) is 235 cm³/mol. The van der Waals surface area contributed by atoms with Gasteiger partial charge in [0.2, 0.25) is 17.8 Å². The van der Waals surface area contributed by atoms with Crippen molar-refractivity contribution in [1.82, 2.24) is 39.4 Å². The van der Waals surface area contributed by atoms with Crippen LogP contribution in [-0.2, 0) is 22.6 Å². The van der Waals surface area contributed by atoms with Gasteiger partial charge in [0.15, 0.2) is 11.5 Å². The molecular formula is C45H51N11O6. The van der Waals surface area contributed by atoms with E-state index >= 15 is 0 Å². The number of nitrogens with one attached hydrogen (secondary N) is 3. The number of unbranched alkanes of at least 4 members (excludes halogenated alkanes) is 1. The number of aryl methyl sites for hydroxylation is 1. The van der Waals surface area contributed by atoms with Crippen molar-refractivity contribution in [3.05, 3.63) is 106 Å². The lowest BCUT2D eigenvalue weighted by Gasteiger charge is -2.36. The zero-order chi connectivity index (χ0) is 43.5. The van der Waals surface area contributed by atoms with E-state index in [0.29, 0.717) is 41.5 Å². The molecule has 2 atom stereocenters. The number of aliphatic hydroxyl groups excluding tert-OH is 1. The van der Waals surface area contributed by atoms with Gasteiger partial charge in [-0.2, -0.15) is 4.98 Å². The summed E-state index contributed by atoms with van der Waals surface area (Å²) in [6.07, 6.45) is 6.04. The monoisotopic (exact) mass is 841 g/mol. The summed E-state index contributed by atoms with van der Waals surface area (Å²) in [5.41, 5.74) is 4.97. The number of imide groups is 2. The molecular weight excluding hydrogens is 791 g/mol. The van der Waals surface area contributed by atoms with E-state index in [-0.39, 0.29) is 36.1 Å². The molecule has 4 N–H and O–H groups in total. The first-order valence-corrected chi connectivity index (χ1v) is 21.4. The number of carbonyl (C=O) groups excluding carboxylic acids is 4. The molecule has 62 heavy (non-hydrogen) atoms. The second kappa shape index (κ2) is 18.1. The number of pyridine rings is 1. The van der Waals surface area contributed by atoms with Crippen LogP contribution in [0.5, 0.6) is 0 Å². The maximum atomic E-state index is 13.4. The molecule has 5 aromatic rings. The highest BCUT2D eigenvalue weighted by Gasteiger charge is 2.44. The van der Waals surface area contributed by atoms with E-state index in [9.17, 15) is 29.1 Å². The van der Waals surface area contributed by atoms with E-state index in [1.165, 1.54) is 10.9 Å². The number of nitrogens with zero attached hydrogens (tertiary/aromatic N) is 8. The second-order valence-electron chi connectivity index (χ2n) is 15.5. The molecule has 2 fully saturated rings. The molecule has 0 spiro atoms. The highest BCUT2D eigenvalue weighted by molar-refractivity contribution is 6.23. The lowest BCUT2D eigenvalue weighted by Crippen LogP contribution is -2.54. The van der Waals surface area contributed by atoms with Gasteiger partial charge in [0, 0.05) is 62.4 Å². The van der Waals surface area contributed by atoms with Gasteiger partial charge >= 0.3 is 0 Å². The summed E-state index contributed by atoms with van der Waals surface area (Å²) in [7, 11) is 0. The molecule has 2 unspecified atom stereocenters. The smallest absolute Gasteiger partial charge is 0.278 e. The van der Waals surface area contributed by atoms with Gasteiger partial charge in [0.25, 0.3) is 17.4 Å². The van der Waals surface area contributed by atoms with Gasteiger partial charge in [-0.05, 0) is 92.7 Å². The number of aliphatic hydroxyl groups is 1. The molecule has 4 aliphatic rings. The minimum atomic E-state index is -0.982. The van der Waals surface area contributed by atoms with Gasteiger partial charge in [-0.15, -0.1) is 6.58 Å². The number of benzene rings is 2. The quantitative estimate of drug-likeness (QED) is 0.0743. The molecule has 17 heteroatoms. The summed E-state index contributed by atoms with van der Waals surface area (Å²) < 4.78 is 3.19. The molecule has 9 rings (SSSR count). The van der Waals surface area contributed by atoms with E-state index in [0.717, 1.165) is 79.5 Å². The molecule has 0 bridgehead atoms. The van der Waals surface area contributed by atoms with Gasteiger partial charge in [-0.25, -0.2) is 19.3 Å². The molecule has 2 saturated heterocycles. The maximum Gasteiger partial charge on any atom is 0.278 e. The fourth-order valence-corrected chi connectivity index (χ4v) is 8.54. The molecule has 322 valence electrons. The fourth-order valence-electron chi connectivity index (χ4n) is 8.54. The summed E-state index contributed by atoms with van der Waals surface area (Å²) in [5, 5.41) is 19.7. The number of hydrogen-bond acceptors (Lipinski definition) is 13. The Bertz CT molecular complexity index is 2600. The number of carbonyl (C=O) groups is 4. The van der Waals surface area contributed by atoms with Crippen LogP contribution in [-0.4, -0.2) is 108 Å². The SMILES string of the molecule is C=CCn1c(=O)c2cnc(Nc3ccc(N4CCN(CCCCNc5ccc6c(c5)C(=O)N(C5CCC(=O)NC5=O)C6=O)CC4)cc3)nc2n1-c1ccc2c(n1)C(O)CC2.CC. The van der Waals surface area contributed by atoms with Crippen LogP contribution in [0.25, 0.3) is 16.9 Å². The summed E-state index contributed by atoms with van der Waals surface area (Å²) >= 11 is 0. The predicted octanol–water partition coefficient (Wildman–Crippen LogP) is 4.33. The third kappa shape index (κ3) is 8.20. The minimum absolute atomic E-state index is 0.0831. The first-order chi connectivity index (χ1) is 30.2. The molecule has 3 aromatic heterocycles. The highest BCUT2D eigenvalue weighted by Crippen LogP contribution is 2.32. The number of piperazine rings is 1. The van der Waals surface area contributed by atoms with Crippen LogP contribution in [0, 0.1) is 0 Å². The summed E-state index contributed by atoms with van der Waals surface area (Å²) in [4.78, 5) is 83.2. The van der Waals surface area contributed by atoms with Gasteiger partial charge in [-0.1, -0.05) is 26.0 Å². The summed E-state index contributed by atoms with van der Waals surface area (Å²) in [6.45, 7) is 13.4. The Hall–Kier alpha value is -6.72. The van der Waals surface area contributed by atoms with Crippen LogP contribution < -0.4 is 26.4 Å². The molecule has 0 saturated carbocycles. The normalized spacial score (nSPS) is 18.6. The highest BCUT2D eigenvalue weighted by atomic mass is 16.3. The zero-order valence-electron chi connectivity index (χ0n) is 35.0. The Labute approximate surface area is 358 Å². The van der Waals surface area contributed by atoms with Crippen LogP contribution in [0.4, 0.5) is 23.0 Å². The molecule has 0 radical (unpaired) electrons. The number of aromatic nitrogens is 5. The third-order valence-corrected chi connectivity index (χ3v) is 11.7. The van der Waals surface area contributed by atoms with E-state index in [1.807, 2.05) is 38.1 Å². The first-order valence-electron chi connectivity index (χ1n) is 21.4. The Balaban J connectivity index is 0.00000261. The average molecular weight is 842 g/mol. The minimum Gasteiger partial charge on any atom is -0.387 e. The van der Waals surface area contributed by atoms with Crippen molar-refractivity contribution in [2.24, 2.45) is 0 Å².